The van der Waals surface area contributed by atoms with Gasteiger partial charge < -0.3 is 4.90 Å². The molecule has 4 rings (SSSR count). The summed E-state index contributed by atoms with van der Waals surface area (Å²) in [5.74, 6) is 0.523. The summed E-state index contributed by atoms with van der Waals surface area (Å²) in [7, 11) is -1.73. The highest BCUT2D eigenvalue weighted by Crippen LogP contribution is 2.48. The van der Waals surface area contributed by atoms with Crippen LogP contribution in [-0.2, 0) is 15.0 Å². The Kier molecular flexibility index (Phi) is 6.35. The molecule has 8 heteroatoms. The second kappa shape index (κ2) is 8.65. The summed E-state index contributed by atoms with van der Waals surface area (Å²) in [5, 5.41) is 0. The molecule has 0 aromatic heterocycles. The predicted molar refractivity (Wildman–Crippen MR) is 117 cm³/mol. The van der Waals surface area contributed by atoms with Gasteiger partial charge in [-0.3, -0.25) is 4.79 Å². The quantitative estimate of drug-likeness (QED) is 0.645. The second-order valence-electron chi connectivity index (χ2n) is 8.54. The summed E-state index contributed by atoms with van der Waals surface area (Å²) in [4.78, 5) is 14.7. The largest absolute Gasteiger partial charge is 0.340 e. The Hall–Kier alpha value is -0.960. The fourth-order valence-corrected chi connectivity index (χ4v) is 6.58. The van der Waals surface area contributed by atoms with Crippen molar-refractivity contribution in [1.29, 1.82) is 0 Å². The zero-order valence-electron chi connectivity index (χ0n) is 17.0. The minimum absolute atomic E-state index is 0.0456. The molecule has 2 unspecified atom stereocenters. The first kappa shape index (κ1) is 21.3. The lowest BCUT2D eigenvalue weighted by Gasteiger charge is -2.38. The van der Waals surface area contributed by atoms with Crippen molar-refractivity contribution in [1.82, 2.24) is 13.5 Å². The van der Waals surface area contributed by atoms with Gasteiger partial charge in [0.1, 0.15) is 0 Å². The third-order valence-corrected chi connectivity index (χ3v) is 9.31. The van der Waals surface area contributed by atoms with Crippen molar-refractivity contribution < 1.29 is 13.2 Å². The molecule has 0 bridgehead atoms. The average Bonchev–Trinajstić information content (AvgIpc) is 3.55. The number of benzene rings is 1. The van der Waals surface area contributed by atoms with E-state index in [2.05, 4.69) is 28.1 Å². The summed E-state index contributed by atoms with van der Waals surface area (Å²) in [5.41, 5.74) is 1.21. The van der Waals surface area contributed by atoms with Gasteiger partial charge in [-0.2, -0.15) is 17.0 Å². The van der Waals surface area contributed by atoms with E-state index in [1.165, 1.54) is 12.0 Å². The van der Waals surface area contributed by atoms with Crippen LogP contribution in [0.4, 0.5) is 0 Å². The van der Waals surface area contributed by atoms with Crippen molar-refractivity contribution in [2.75, 3.05) is 33.2 Å². The molecule has 1 aromatic rings. The molecule has 2 aliphatic carbocycles. The lowest BCUT2D eigenvalue weighted by atomic mass is 9.96. The number of nitrogens with zero attached hydrogens (tertiary/aromatic N) is 3. The van der Waals surface area contributed by atoms with Crippen LogP contribution >= 0.6 is 15.9 Å². The molecule has 0 radical (unpaired) electrons. The van der Waals surface area contributed by atoms with Crippen LogP contribution in [0, 0.1) is 5.92 Å². The molecule has 0 spiro atoms. The molecule has 0 N–H and O–H groups in total. The second-order valence-corrected chi connectivity index (χ2v) is 11.4. The fraction of sp³-hybridized carbons (Fsp3) is 0.667. The fourth-order valence-electron chi connectivity index (χ4n) is 4.74. The number of amides is 1. The van der Waals surface area contributed by atoms with Crippen molar-refractivity contribution in [2.45, 2.75) is 50.5 Å². The third-order valence-electron chi connectivity index (χ3n) is 6.74. The molecule has 2 atom stereocenters. The van der Waals surface area contributed by atoms with Crippen molar-refractivity contribution in [3.63, 3.8) is 0 Å². The molecule has 3 aliphatic rings. The smallest absolute Gasteiger partial charge is 0.282 e. The van der Waals surface area contributed by atoms with Crippen molar-refractivity contribution in [2.24, 2.45) is 5.92 Å². The summed E-state index contributed by atoms with van der Waals surface area (Å²) < 4.78 is 30.2. The van der Waals surface area contributed by atoms with Gasteiger partial charge in [-0.05, 0) is 42.9 Å². The van der Waals surface area contributed by atoms with Gasteiger partial charge in [0.2, 0.25) is 5.91 Å². The van der Waals surface area contributed by atoms with Crippen LogP contribution in [0.1, 0.15) is 50.0 Å². The Morgan fingerprint density at radius 1 is 1.03 bits per heavy atom. The minimum Gasteiger partial charge on any atom is -0.340 e. The van der Waals surface area contributed by atoms with Gasteiger partial charge in [0, 0.05) is 49.7 Å². The zero-order valence-corrected chi connectivity index (χ0v) is 19.4. The first-order chi connectivity index (χ1) is 13.9. The molecule has 1 amide bonds. The maximum absolute atomic E-state index is 13.0. The lowest BCUT2D eigenvalue weighted by molar-refractivity contribution is -0.133. The van der Waals surface area contributed by atoms with E-state index in [0.717, 1.165) is 36.6 Å². The molecule has 29 heavy (non-hydrogen) atoms. The maximum Gasteiger partial charge on any atom is 0.282 e. The van der Waals surface area contributed by atoms with E-state index >= 15 is 0 Å². The Balaban J connectivity index is 1.31. The topological polar surface area (TPSA) is 60.9 Å². The third kappa shape index (κ3) is 4.55. The highest BCUT2D eigenvalue weighted by molar-refractivity contribution is 9.10. The Morgan fingerprint density at radius 3 is 2.28 bits per heavy atom. The van der Waals surface area contributed by atoms with E-state index in [4.69, 9.17) is 0 Å². The van der Waals surface area contributed by atoms with E-state index in [1.54, 1.807) is 15.7 Å². The molecule has 1 saturated heterocycles. The molecule has 1 heterocycles. The molecular formula is C21H30BrN3O3S. The Labute approximate surface area is 182 Å². The zero-order chi connectivity index (χ0) is 20.6. The van der Waals surface area contributed by atoms with Gasteiger partial charge in [0.15, 0.2) is 0 Å². The highest BCUT2D eigenvalue weighted by atomic mass is 79.9. The number of piperazine rings is 1. The summed E-state index contributed by atoms with van der Waals surface area (Å²) in [6.07, 6.45) is 6.21. The van der Waals surface area contributed by atoms with Gasteiger partial charge >= 0.3 is 0 Å². The van der Waals surface area contributed by atoms with Gasteiger partial charge in [-0.1, -0.05) is 47.3 Å². The summed E-state index contributed by atoms with van der Waals surface area (Å²) in [6, 6.07) is 8.30. The number of rotatable bonds is 5. The number of hydrogen-bond acceptors (Lipinski definition) is 3. The van der Waals surface area contributed by atoms with Gasteiger partial charge in [0.05, 0.1) is 0 Å². The van der Waals surface area contributed by atoms with E-state index in [1.807, 2.05) is 17.0 Å². The number of carbonyl (C=O) groups is 1. The van der Waals surface area contributed by atoms with E-state index < -0.39 is 10.2 Å². The molecule has 1 aliphatic heterocycles. The van der Waals surface area contributed by atoms with Crippen LogP contribution in [0.15, 0.2) is 28.7 Å². The minimum atomic E-state index is -3.45. The SMILES string of the molecule is CN(C1CCCCC1)S(=O)(=O)N1CCN(C(=O)C2CC2c2ccc(Br)cc2)CC1. The molecule has 160 valence electrons. The Morgan fingerprint density at radius 2 is 1.66 bits per heavy atom. The van der Waals surface area contributed by atoms with Crippen molar-refractivity contribution in [3.05, 3.63) is 34.3 Å². The first-order valence-electron chi connectivity index (χ1n) is 10.7. The van der Waals surface area contributed by atoms with Crippen LogP contribution in [0.25, 0.3) is 0 Å². The van der Waals surface area contributed by atoms with E-state index in [-0.39, 0.29) is 17.9 Å². The van der Waals surface area contributed by atoms with Gasteiger partial charge in [0.25, 0.3) is 10.2 Å². The number of carbonyl (C=O) groups excluding carboxylic acids is 1. The van der Waals surface area contributed by atoms with Gasteiger partial charge in [-0.15, -0.1) is 0 Å². The van der Waals surface area contributed by atoms with Crippen LogP contribution in [-0.4, -0.2) is 67.1 Å². The monoisotopic (exact) mass is 483 g/mol. The number of halogens is 1. The van der Waals surface area contributed by atoms with E-state index in [0.29, 0.717) is 32.1 Å². The first-order valence-corrected chi connectivity index (χ1v) is 12.8. The van der Waals surface area contributed by atoms with Crippen LogP contribution in [0.2, 0.25) is 0 Å². The molecule has 3 fully saturated rings. The molecule has 6 nitrogen and oxygen atoms in total. The summed E-state index contributed by atoms with van der Waals surface area (Å²) >= 11 is 3.45. The standard InChI is InChI=1S/C21H30BrN3O3S/c1-23(18-5-3-2-4-6-18)29(27,28)25-13-11-24(12-14-25)21(26)20-15-19(20)16-7-9-17(22)10-8-16/h7-10,18-20H,2-6,11-15H2,1H3. The van der Waals surface area contributed by atoms with Crippen molar-refractivity contribution in [3.8, 4) is 0 Å². The van der Waals surface area contributed by atoms with Crippen LogP contribution < -0.4 is 0 Å². The predicted octanol–water partition coefficient (Wildman–Crippen LogP) is 3.21. The van der Waals surface area contributed by atoms with Crippen LogP contribution in [0.3, 0.4) is 0 Å². The maximum atomic E-state index is 13.0. The highest BCUT2D eigenvalue weighted by Gasteiger charge is 2.46. The van der Waals surface area contributed by atoms with Gasteiger partial charge in [-0.25, -0.2) is 0 Å². The molecular weight excluding hydrogens is 454 g/mol. The van der Waals surface area contributed by atoms with Crippen LogP contribution in [0.5, 0.6) is 0 Å². The van der Waals surface area contributed by atoms with E-state index in [9.17, 15) is 13.2 Å². The normalized spacial score (nSPS) is 26.7. The molecule has 1 aromatic carbocycles. The number of hydrogen-bond donors (Lipinski definition) is 0. The Bertz CT molecular complexity index is 831. The average molecular weight is 484 g/mol. The van der Waals surface area contributed by atoms with Crippen molar-refractivity contribution >= 4 is 32.0 Å². The lowest BCUT2D eigenvalue weighted by Crippen LogP contribution is -2.55. The molecule has 2 saturated carbocycles. The summed E-state index contributed by atoms with van der Waals surface area (Å²) in [6.45, 7) is 1.75.